The van der Waals surface area contributed by atoms with E-state index in [-0.39, 0.29) is 24.2 Å². The molecule has 3 N–H and O–H groups in total. The first kappa shape index (κ1) is 23.2. The Balaban J connectivity index is 0.00000364. The summed E-state index contributed by atoms with van der Waals surface area (Å²) in [7, 11) is 1.56. The third-order valence-electron chi connectivity index (χ3n) is 4.21. The van der Waals surface area contributed by atoms with Gasteiger partial charge in [0.15, 0.2) is 5.78 Å². The molecule has 2 aromatic rings. The fourth-order valence-electron chi connectivity index (χ4n) is 2.63. The molecule has 0 heterocycles. The van der Waals surface area contributed by atoms with Gasteiger partial charge in [-0.2, -0.15) is 0 Å². The molecule has 0 aliphatic carbocycles. The molecular weight excluding hydrogens is 385 g/mol. The Hall–Kier alpha value is -1.85. The highest BCUT2D eigenvalue weighted by atomic mass is 35.5. The summed E-state index contributed by atoms with van der Waals surface area (Å²) in [5, 5.41) is 12.8. The lowest BCUT2D eigenvalue weighted by molar-refractivity contribution is -0.693. The zero-order chi connectivity index (χ0) is 18.9. The highest BCUT2D eigenvalue weighted by Gasteiger charge is 2.18. The predicted molar refractivity (Wildman–Crippen MR) is 104 cm³/mol. The monoisotopic (exact) mass is 409 g/mol. The maximum atomic E-state index is 12.0. The summed E-state index contributed by atoms with van der Waals surface area (Å²) in [6.07, 6.45) is 3.16. The summed E-state index contributed by atoms with van der Waals surface area (Å²) in [5.41, 5.74) is 1.74. The van der Waals surface area contributed by atoms with E-state index in [9.17, 15) is 9.90 Å². The van der Waals surface area contributed by atoms with Crippen molar-refractivity contribution < 1.29 is 32.4 Å². The lowest BCUT2D eigenvalue weighted by Gasteiger charge is -2.17. The van der Waals surface area contributed by atoms with Crippen molar-refractivity contribution in [1.29, 1.82) is 0 Å². The van der Waals surface area contributed by atoms with Gasteiger partial charge in [-0.25, -0.2) is 0 Å². The van der Waals surface area contributed by atoms with Crippen LogP contribution in [0.2, 0.25) is 5.02 Å². The molecule has 0 aliphatic rings. The van der Waals surface area contributed by atoms with Gasteiger partial charge in [-0.3, -0.25) is 4.79 Å². The lowest BCUT2D eigenvalue weighted by atomic mass is 10.0. The van der Waals surface area contributed by atoms with E-state index in [1.165, 1.54) is 0 Å². The summed E-state index contributed by atoms with van der Waals surface area (Å²) < 4.78 is 5.10. The number of hydrogen-bond donors (Lipinski definition) is 2. The molecule has 0 fully saturated rings. The Labute approximate surface area is 171 Å². The van der Waals surface area contributed by atoms with Crippen LogP contribution in [-0.2, 0) is 4.79 Å². The van der Waals surface area contributed by atoms with Crippen molar-refractivity contribution in [3.05, 3.63) is 70.8 Å². The quantitative estimate of drug-likeness (QED) is 0.573. The Morgan fingerprint density at radius 2 is 1.96 bits per heavy atom. The maximum absolute atomic E-state index is 12.0. The highest BCUT2D eigenvalue weighted by molar-refractivity contribution is 6.32. The number of benzene rings is 2. The normalized spacial score (nSPS) is 13.0. The summed E-state index contributed by atoms with van der Waals surface area (Å²) in [6.45, 7) is 2.58. The molecule has 0 saturated heterocycles. The topological polar surface area (TPSA) is 63.1 Å². The number of ketones is 1. The highest BCUT2D eigenvalue weighted by Crippen LogP contribution is 2.25. The molecule has 4 nitrogen and oxygen atoms in total. The molecule has 6 heteroatoms. The van der Waals surface area contributed by atoms with Gasteiger partial charge in [-0.1, -0.05) is 54.1 Å². The number of methoxy groups -OCH3 is 1. The second kappa shape index (κ2) is 11.8. The summed E-state index contributed by atoms with van der Waals surface area (Å²) in [6, 6.07) is 14.9. The van der Waals surface area contributed by atoms with Gasteiger partial charge in [0.25, 0.3) is 0 Å². The van der Waals surface area contributed by atoms with E-state index in [2.05, 4.69) is 0 Å². The number of aliphatic hydroxyl groups is 1. The van der Waals surface area contributed by atoms with Crippen molar-refractivity contribution in [3.63, 3.8) is 0 Å². The van der Waals surface area contributed by atoms with Crippen LogP contribution < -0.4 is 22.5 Å². The molecule has 0 aliphatic heterocycles. The van der Waals surface area contributed by atoms with Crippen LogP contribution in [0.5, 0.6) is 5.75 Å². The predicted octanol–water partition coefficient (Wildman–Crippen LogP) is 0.0105. The SMILES string of the molecule is COc1ccc(/C=C/C(=O)CC[NH2+]C(C)C(O)c2ccccc2)cc1Cl.[Cl-]. The van der Waals surface area contributed by atoms with Gasteiger partial charge in [0.2, 0.25) is 0 Å². The van der Waals surface area contributed by atoms with Gasteiger partial charge < -0.3 is 27.6 Å². The van der Waals surface area contributed by atoms with E-state index < -0.39 is 6.10 Å². The average Bonchev–Trinajstić information content (AvgIpc) is 2.66. The minimum Gasteiger partial charge on any atom is -1.00 e. The van der Waals surface area contributed by atoms with Crippen molar-refractivity contribution in [2.45, 2.75) is 25.5 Å². The number of hydrogen-bond acceptors (Lipinski definition) is 3. The van der Waals surface area contributed by atoms with Crippen molar-refractivity contribution >= 4 is 23.5 Å². The van der Waals surface area contributed by atoms with Crippen LogP contribution in [0.3, 0.4) is 0 Å². The lowest BCUT2D eigenvalue weighted by Crippen LogP contribution is -3.00. The van der Waals surface area contributed by atoms with E-state index >= 15 is 0 Å². The fraction of sp³-hybridized carbons (Fsp3) is 0.286. The molecule has 0 aromatic heterocycles. The molecule has 2 unspecified atom stereocenters. The average molecular weight is 410 g/mol. The molecule has 0 amide bonds. The molecule has 2 atom stereocenters. The van der Waals surface area contributed by atoms with E-state index in [1.54, 1.807) is 31.4 Å². The van der Waals surface area contributed by atoms with E-state index in [0.29, 0.717) is 23.7 Å². The molecule has 2 rings (SSSR count). The van der Waals surface area contributed by atoms with Gasteiger partial charge >= 0.3 is 0 Å². The number of ether oxygens (including phenoxy) is 1. The Morgan fingerprint density at radius 1 is 1.26 bits per heavy atom. The van der Waals surface area contributed by atoms with Crippen LogP contribution in [0, 0.1) is 0 Å². The van der Waals surface area contributed by atoms with Gasteiger partial charge in [-0.15, -0.1) is 0 Å². The number of carbonyl (C=O) groups excluding carboxylic acids is 1. The van der Waals surface area contributed by atoms with E-state index in [0.717, 1.165) is 11.1 Å². The first-order valence-corrected chi connectivity index (χ1v) is 9.00. The maximum Gasteiger partial charge on any atom is 0.161 e. The van der Waals surface area contributed by atoms with Crippen molar-refractivity contribution in [1.82, 2.24) is 0 Å². The molecule has 0 spiro atoms. The van der Waals surface area contributed by atoms with Crippen molar-refractivity contribution in [3.8, 4) is 5.75 Å². The fourth-order valence-corrected chi connectivity index (χ4v) is 2.90. The number of rotatable bonds is 9. The van der Waals surface area contributed by atoms with Gasteiger partial charge in [0.1, 0.15) is 17.9 Å². The molecule has 2 aromatic carbocycles. The van der Waals surface area contributed by atoms with Crippen LogP contribution in [0.4, 0.5) is 0 Å². The zero-order valence-corrected chi connectivity index (χ0v) is 17.0. The van der Waals surface area contributed by atoms with E-state index in [4.69, 9.17) is 16.3 Å². The van der Waals surface area contributed by atoms with E-state index in [1.807, 2.05) is 48.6 Å². The van der Waals surface area contributed by atoms with Gasteiger partial charge in [0.05, 0.1) is 25.1 Å². The molecule has 146 valence electrons. The smallest absolute Gasteiger partial charge is 0.161 e. The number of carbonyl (C=O) groups is 1. The Morgan fingerprint density at radius 3 is 2.59 bits per heavy atom. The molecular formula is C21H25Cl2NO3. The molecule has 0 saturated carbocycles. The first-order valence-electron chi connectivity index (χ1n) is 8.62. The van der Waals surface area contributed by atoms with Gasteiger partial charge in [-0.05, 0) is 36.3 Å². The number of quaternary nitrogens is 1. The minimum absolute atomic E-state index is 0. The van der Waals surface area contributed by atoms with Crippen LogP contribution in [-0.4, -0.2) is 30.6 Å². The summed E-state index contributed by atoms with van der Waals surface area (Å²) >= 11 is 6.07. The Bertz CT molecular complexity index is 750. The molecule has 0 radical (unpaired) electrons. The number of nitrogens with two attached hydrogens (primary N) is 1. The van der Waals surface area contributed by atoms with Crippen LogP contribution in [0.1, 0.15) is 30.6 Å². The largest absolute Gasteiger partial charge is 1.00 e. The van der Waals surface area contributed by atoms with Crippen molar-refractivity contribution in [2.75, 3.05) is 13.7 Å². The third-order valence-corrected chi connectivity index (χ3v) is 4.50. The van der Waals surface area contributed by atoms with Crippen LogP contribution in [0.25, 0.3) is 6.08 Å². The summed E-state index contributed by atoms with van der Waals surface area (Å²) in [5.74, 6) is 0.644. The number of aliphatic hydroxyl groups excluding tert-OH is 1. The standard InChI is InChI=1S/C21H24ClNO3.ClH/c1-15(21(25)17-6-4-3-5-7-17)23-13-12-18(24)10-8-16-9-11-20(26-2)19(22)14-16;/h3-11,14-15,21,23,25H,12-13H2,1-2H3;1H/b10-8+;. The second-order valence-electron chi connectivity index (χ2n) is 6.18. The number of allylic oxidation sites excluding steroid dienone is 1. The zero-order valence-electron chi connectivity index (χ0n) is 15.4. The number of halogens is 2. The summed E-state index contributed by atoms with van der Waals surface area (Å²) in [4.78, 5) is 12.0. The minimum atomic E-state index is -0.553. The van der Waals surface area contributed by atoms with Crippen molar-refractivity contribution in [2.24, 2.45) is 0 Å². The second-order valence-corrected chi connectivity index (χ2v) is 6.59. The molecule has 0 bridgehead atoms. The Kier molecular flexibility index (Phi) is 10.1. The third kappa shape index (κ3) is 7.35. The van der Waals surface area contributed by atoms with Crippen LogP contribution in [0.15, 0.2) is 54.6 Å². The first-order chi connectivity index (χ1) is 12.5. The molecule has 27 heavy (non-hydrogen) atoms. The van der Waals surface area contributed by atoms with Gasteiger partial charge in [0, 0.05) is 0 Å². The van der Waals surface area contributed by atoms with Crippen LogP contribution >= 0.6 is 11.6 Å².